The van der Waals surface area contributed by atoms with E-state index in [4.69, 9.17) is 12.2 Å². The summed E-state index contributed by atoms with van der Waals surface area (Å²) in [6.45, 7) is 2.00. The predicted octanol–water partition coefficient (Wildman–Crippen LogP) is 1.01. The van der Waals surface area contributed by atoms with Crippen LogP contribution in [0.4, 0.5) is 5.82 Å². The number of benzene rings is 1. The average Bonchev–Trinajstić information content (AvgIpc) is 2.62. The van der Waals surface area contributed by atoms with Gasteiger partial charge in [0.1, 0.15) is 9.84 Å². The van der Waals surface area contributed by atoms with E-state index in [2.05, 4.69) is 26.1 Å². The highest BCUT2D eigenvalue weighted by molar-refractivity contribution is 7.90. The Kier molecular flexibility index (Phi) is 7.99. The zero-order valence-corrected chi connectivity index (χ0v) is 16.9. The Bertz CT molecular complexity index is 928. The Hall–Kier alpha value is -2.20. The summed E-state index contributed by atoms with van der Waals surface area (Å²) < 4.78 is 22.1. The number of fused-ring (bicyclic) bond motifs is 1. The van der Waals surface area contributed by atoms with Crippen LogP contribution in [0.25, 0.3) is 10.8 Å². The third-order valence-electron chi connectivity index (χ3n) is 3.86. The van der Waals surface area contributed by atoms with Gasteiger partial charge in [-0.1, -0.05) is 18.2 Å². The van der Waals surface area contributed by atoms with Crippen molar-refractivity contribution in [1.29, 1.82) is 0 Å². The van der Waals surface area contributed by atoms with Crippen molar-refractivity contribution in [2.75, 3.05) is 37.0 Å². The number of aromatic nitrogens is 2. The number of rotatable bonds is 10. The molecule has 8 nitrogen and oxygen atoms in total. The molecule has 1 aromatic carbocycles. The summed E-state index contributed by atoms with van der Waals surface area (Å²) in [5.41, 5.74) is -0.203. The van der Waals surface area contributed by atoms with Crippen molar-refractivity contribution in [1.82, 2.24) is 20.8 Å². The van der Waals surface area contributed by atoms with Crippen molar-refractivity contribution in [3.63, 3.8) is 0 Å². The van der Waals surface area contributed by atoms with E-state index in [0.29, 0.717) is 42.4 Å². The van der Waals surface area contributed by atoms with Gasteiger partial charge in [-0.3, -0.25) is 4.79 Å². The number of hydrogen-bond acceptors (Lipinski definition) is 6. The zero-order valence-electron chi connectivity index (χ0n) is 15.2. The van der Waals surface area contributed by atoms with Gasteiger partial charge < -0.3 is 16.0 Å². The van der Waals surface area contributed by atoms with Gasteiger partial charge >= 0.3 is 0 Å². The van der Waals surface area contributed by atoms with Crippen molar-refractivity contribution in [2.45, 2.75) is 19.3 Å². The zero-order chi connectivity index (χ0) is 19.7. The van der Waals surface area contributed by atoms with Crippen LogP contribution in [-0.2, 0) is 9.84 Å². The molecule has 0 amide bonds. The number of unbranched alkanes of at least 4 members (excludes halogenated alkanes) is 1. The summed E-state index contributed by atoms with van der Waals surface area (Å²) in [6, 6.07) is 7.32. The summed E-state index contributed by atoms with van der Waals surface area (Å²) in [7, 11) is -2.89. The molecule has 0 bridgehead atoms. The molecule has 0 aliphatic carbocycles. The molecule has 4 N–H and O–H groups in total. The van der Waals surface area contributed by atoms with Crippen LogP contribution in [0.15, 0.2) is 29.1 Å². The smallest absolute Gasteiger partial charge is 0.272 e. The van der Waals surface area contributed by atoms with Crippen LogP contribution in [0.5, 0.6) is 0 Å². The summed E-state index contributed by atoms with van der Waals surface area (Å²) in [5, 5.41) is 17.9. The number of hydrogen-bond donors (Lipinski definition) is 4. The molecule has 1 aromatic heterocycles. The molecule has 27 heavy (non-hydrogen) atoms. The van der Waals surface area contributed by atoms with Gasteiger partial charge in [0.2, 0.25) is 0 Å². The lowest BCUT2D eigenvalue weighted by Gasteiger charge is -2.11. The minimum atomic E-state index is -2.89. The second-order valence-corrected chi connectivity index (χ2v) is 8.91. The minimum Gasteiger partial charge on any atom is -0.368 e. The first-order chi connectivity index (χ1) is 12.9. The van der Waals surface area contributed by atoms with Crippen LogP contribution < -0.4 is 21.5 Å². The molecule has 0 unspecified atom stereocenters. The molecule has 0 spiro atoms. The number of sulfone groups is 1. The third kappa shape index (κ3) is 7.51. The Morgan fingerprint density at radius 1 is 1.07 bits per heavy atom. The van der Waals surface area contributed by atoms with Crippen LogP contribution in [0.3, 0.4) is 0 Å². The van der Waals surface area contributed by atoms with E-state index >= 15 is 0 Å². The highest BCUT2D eigenvalue weighted by Crippen LogP contribution is 2.16. The molecule has 0 aliphatic rings. The standard InChI is InChI=1S/C17H25N5O3S2/c1-27(24,25)12-5-4-9-19-17(26)20-11-6-10-18-15-13-7-2-3-8-14(13)16(23)22-21-15/h2-3,7-8H,4-6,9-12H2,1H3,(H,18,21)(H,22,23)(H2,19,20,26). The van der Waals surface area contributed by atoms with E-state index in [-0.39, 0.29) is 11.3 Å². The fraction of sp³-hybridized carbons (Fsp3) is 0.471. The van der Waals surface area contributed by atoms with E-state index < -0.39 is 9.84 Å². The number of thiocarbonyl (C=S) groups is 1. The molecule has 2 rings (SSSR count). The van der Waals surface area contributed by atoms with Crippen LogP contribution in [0, 0.1) is 0 Å². The van der Waals surface area contributed by atoms with Crippen LogP contribution in [0.2, 0.25) is 0 Å². The number of H-pyrrole nitrogens is 1. The van der Waals surface area contributed by atoms with Gasteiger partial charge in [0.15, 0.2) is 10.9 Å². The van der Waals surface area contributed by atoms with Crippen molar-refractivity contribution < 1.29 is 8.42 Å². The fourth-order valence-corrected chi connectivity index (χ4v) is 3.43. The SMILES string of the molecule is CS(=O)(=O)CCCCNC(=S)NCCCNc1n[nH]c(=O)c2ccccc12. The number of nitrogens with one attached hydrogen (secondary N) is 4. The monoisotopic (exact) mass is 411 g/mol. The minimum absolute atomic E-state index is 0.202. The lowest BCUT2D eigenvalue weighted by molar-refractivity contribution is 0.596. The van der Waals surface area contributed by atoms with Gasteiger partial charge in [-0.25, -0.2) is 13.5 Å². The maximum atomic E-state index is 11.8. The average molecular weight is 412 g/mol. The largest absolute Gasteiger partial charge is 0.368 e. The predicted molar refractivity (Wildman–Crippen MR) is 113 cm³/mol. The van der Waals surface area contributed by atoms with Crippen molar-refractivity contribution in [3.8, 4) is 0 Å². The van der Waals surface area contributed by atoms with Gasteiger partial charge in [0, 0.05) is 37.0 Å². The van der Waals surface area contributed by atoms with Crippen LogP contribution in [0.1, 0.15) is 19.3 Å². The molecule has 0 saturated carbocycles. The van der Waals surface area contributed by atoms with E-state index in [9.17, 15) is 13.2 Å². The van der Waals surface area contributed by atoms with E-state index in [1.807, 2.05) is 18.2 Å². The summed E-state index contributed by atoms with van der Waals surface area (Å²) in [6.07, 6.45) is 3.43. The number of anilines is 1. The third-order valence-corrected chi connectivity index (χ3v) is 5.17. The topological polar surface area (TPSA) is 116 Å². The van der Waals surface area contributed by atoms with E-state index in [1.165, 1.54) is 6.26 Å². The second kappa shape index (κ2) is 10.2. The van der Waals surface area contributed by atoms with Gasteiger partial charge in [-0.2, -0.15) is 5.10 Å². The molecule has 0 radical (unpaired) electrons. The molecular weight excluding hydrogens is 386 g/mol. The second-order valence-electron chi connectivity index (χ2n) is 6.25. The van der Waals surface area contributed by atoms with Crippen LogP contribution >= 0.6 is 12.2 Å². The lowest BCUT2D eigenvalue weighted by atomic mass is 10.2. The highest BCUT2D eigenvalue weighted by atomic mass is 32.2. The maximum Gasteiger partial charge on any atom is 0.272 e. The number of nitrogens with zero attached hydrogens (tertiary/aromatic N) is 1. The molecule has 0 atom stereocenters. The van der Waals surface area contributed by atoms with Gasteiger partial charge in [-0.15, -0.1) is 0 Å². The Morgan fingerprint density at radius 2 is 1.74 bits per heavy atom. The summed E-state index contributed by atoms with van der Waals surface area (Å²) >= 11 is 5.18. The fourth-order valence-electron chi connectivity index (χ4n) is 2.50. The maximum absolute atomic E-state index is 11.8. The van der Waals surface area contributed by atoms with Gasteiger partial charge in [0.05, 0.1) is 5.39 Å². The summed E-state index contributed by atoms with van der Waals surface area (Å²) in [4.78, 5) is 11.8. The van der Waals surface area contributed by atoms with Crippen molar-refractivity contribution in [2.24, 2.45) is 0 Å². The Labute approximate surface area is 164 Å². The van der Waals surface area contributed by atoms with E-state index in [0.717, 1.165) is 18.2 Å². The molecule has 2 aromatic rings. The van der Waals surface area contributed by atoms with E-state index in [1.54, 1.807) is 6.07 Å². The first kappa shape index (κ1) is 21.1. The molecule has 0 aliphatic heterocycles. The molecule has 1 heterocycles. The first-order valence-electron chi connectivity index (χ1n) is 8.77. The van der Waals surface area contributed by atoms with Crippen molar-refractivity contribution >= 4 is 43.8 Å². The molecular formula is C17H25N5O3S2. The highest BCUT2D eigenvalue weighted by Gasteiger charge is 2.05. The first-order valence-corrected chi connectivity index (χ1v) is 11.2. The van der Waals surface area contributed by atoms with Gasteiger partial charge in [-0.05, 0) is 37.5 Å². The Balaban J connectivity index is 1.63. The molecule has 148 valence electrons. The molecule has 0 fully saturated rings. The van der Waals surface area contributed by atoms with Gasteiger partial charge in [0.25, 0.3) is 5.56 Å². The van der Waals surface area contributed by atoms with Crippen LogP contribution in [-0.4, -0.2) is 55.4 Å². The number of aromatic amines is 1. The molecule has 10 heteroatoms. The quantitative estimate of drug-likeness (QED) is 0.338. The molecule has 0 saturated heterocycles. The Morgan fingerprint density at radius 3 is 2.44 bits per heavy atom. The summed E-state index contributed by atoms with van der Waals surface area (Å²) in [5.74, 6) is 0.852. The van der Waals surface area contributed by atoms with Crippen molar-refractivity contribution in [3.05, 3.63) is 34.6 Å². The lowest BCUT2D eigenvalue weighted by Crippen LogP contribution is -2.36. The normalized spacial score (nSPS) is 11.3.